The molecule has 2 N–H and O–H groups in total. The fourth-order valence-electron chi connectivity index (χ4n) is 1.52. The van der Waals surface area contributed by atoms with Crippen LogP contribution in [0.3, 0.4) is 0 Å². The second-order valence-electron chi connectivity index (χ2n) is 4.18. The van der Waals surface area contributed by atoms with Crippen LogP contribution in [0.2, 0.25) is 0 Å². The molecule has 4 nitrogen and oxygen atoms in total. The minimum absolute atomic E-state index is 0.100. The van der Waals surface area contributed by atoms with Crippen molar-refractivity contribution in [3.63, 3.8) is 0 Å². The first-order valence-corrected chi connectivity index (χ1v) is 6.05. The zero-order valence-corrected chi connectivity index (χ0v) is 10.9. The van der Waals surface area contributed by atoms with E-state index in [0.717, 1.165) is 12.8 Å². The van der Waals surface area contributed by atoms with E-state index in [1.807, 2.05) is 20.8 Å². The van der Waals surface area contributed by atoms with E-state index < -0.39 is 6.10 Å². The average Bonchev–Trinajstić information content (AvgIpc) is 2.31. The first-order valence-electron chi connectivity index (χ1n) is 6.05. The van der Waals surface area contributed by atoms with Crippen molar-refractivity contribution >= 4 is 5.91 Å². The van der Waals surface area contributed by atoms with Gasteiger partial charge in [0.2, 0.25) is 5.91 Å². The molecule has 0 aliphatic carbocycles. The highest BCUT2D eigenvalue weighted by Crippen LogP contribution is 2.24. The summed E-state index contributed by atoms with van der Waals surface area (Å²) in [5.74, 6) is -0.110. The maximum Gasteiger partial charge on any atom is 0.248 e. The van der Waals surface area contributed by atoms with Crippen LogP contribution in [0.5, 0.6) is 0 Å². The highest BCUT2D eigenvalue weighted by molar-refractivity contribution is 5.80. The van der Waals surface area contributed by atoms with Crippen molar-refractivity contribution in [2.45, 2.75) is 46.6 Å². The predicted molar refractivity (Wildman–Crippen MR) is 64.2 cm³/mol. The largest absolute Gasteiger partial charge is 0.396 e. The number of hydrogen-bond donors (Lipinski definition) is 2. The van der Waals surface area contributed by atoms with Gasteiger partial charge in [0.1, 0.15) is 6.10 Å². The minimum atomic E-state index is -0.421. The number of rotatable bonds is 8. The summed E-state index contributed by atoms with van der Waals surface area (Å²) in [5, 5.41) is 12.2. The van der Waals surface area contributed by atoms with Gasteiger partial charge in [-0.2, -0.15) is 0 Å². The quantitative estimate of drug-likeness (QED) is 0.662. The van der Waals surface area contributed by atoms with Gasteiger partial charge >= 0.3 is 0 Å². The van der Waals surface area contributed by atoms with Gasteiger partial charge in [-0.15, -0.1) is 0 Å². The minimum Gasteiger partial charge on any atom is -0.396 e. The molecule has 1 amide bonds. The molecule has 0 fully saturated rings. The predicted octanol–water partition coefficient (Wildman–Crippen LogP) is 1.33. The molecule has 0 rings (SSSR count). The molecule has 0 aromatic carbocycles. The molecule has 1 atom stereocenters. The summed E-state index contributed by atoms with van der Waals surface area (Å²) in [6.07, 6.45) is 1.28. The molecular weight excluding hydrogens is 206 g/mol. The normalized spacial score (nSPS) is 13.6. The SMILES string of the molecule is CCOC(C)C(=O)NCC(CC)(CC)CO. The van der Waals surface area contributed by atoms with Gasteiger partial charge in [-0.25, -0.2) is 0 Å². The van der Waals surface area contributed by atoms with Crippen LogP contribution in [-0.4, -0.2) is 36.9 Å². The molecule has 0 bridgehead atoms. The lowest BCUT2D eigenvalue weighted by molar-refractivity contribution is -0.132. The lowest BCUT2D eigenvalue weighted by atomic mass is 9.83. The van der Waals surface area contributed by atoms with Crippen molar-refractivity contribution in [1.29, 1.82) is 0 Å². The maximum atomic E-state index is 11.6. The fourth-order valence-corrected chi connectivity index (χ4v) is 1.52. The maximum absolute atomic E-state index is 11.6. The van der Waals surface area contributed by atoms with Gasteiger partial charge in [0.25, 0.3) is 0 Å². The fraction of sp³-hybridized carbons (Fsp3) is 0.917. The highest BCUT2D eigenvalue weighted by Gasteiger charge is 2.26. The molecule has 0 aromatic heterocycles. The van der Waals surface area contributed by atoms with Crippen molar-refractivity contribution in [3.8, 4) is 0 Å². The third kappa shape index (κ3) is 4.49. The molecule has 0 aliphatic heterocycles. The smallest absolute Gasteiger partial charge is 0.248 e. The van der Waals surface area contributed by atoms with Crippen LogP contribution in [0.4, 0.5) is 0 Å². The van der Waals surface area contributed by atoms with Gasteiger partial charge in [-0.05, 0) is 26.7 Å². The van der Waals surface area contributed by atoms with E-state index >= 15 is 0 Å². The Balaban J connectivity index is 4.15. The highest BCUT2D eigenvalue weighted by atomic mass is 16.5. The van der Waals surface area contributed by atoms with Crippen molar-refractivity contribution in [1.82, 2.24) is 5.32 Å². The number of aliphatic hydroxyl groups is 1. The Morgan fingerprint density at radius 1 is 1.38 bits per heavy atom. The topological polar surface area (TPSA) is 58.6 Å². The monoisotopic (exact) mass is 231 g/mol. The van der Waals surface area contributed by atoms with Gasteiger partial charge in [0.05, 0.1) is 6.61 Å². The molecule has 0 saturated heterocycles. The Morgan fingerprint density at radius 3 is 2.31 bits per heavy atom. The molecule has 0 saturated carbocycles. The zero-order chi connectivity index (χ0) is 12.6. The van der Waals surface area contributed by atoms with Gasteiger partial charge in [-0.3, -0.25) is 4.79 Å². The van der Waals surface area contributed by atoms with Crippen molar-refractivity contribution in [2.75, 3.05) is 19.8 Å². The summed E-state index contributed by atoms with van der Waals surface area (Å²) >= 11 is 0. The molecule has 96 valence electrons. The molecule has 4 heteroatoms. The number of aliphatic hydroxyl groups excluding tert-OH is 1. The molecule has 0 radical (unpaired) electrons. The first-order chi connectivity index (χ1) is 7.55. The van der Waals surface area contributed by atoms with Gasteiger partial charge in [0.15, 0.2) is 0 Å². The van der Waals surface area contributed by atoms with Gasteiger partial charge in [-0.1, -0.05) is 13.8 Å². The summed E-state index contributed by atoms with van der Waals surface area (Å²) < 4.78 is 5.20. The summed E-state index contributed by atoms with van der Waals surface area (Å²) in [7, 11) is 0. The Morgan fingerprint density at radius 2 is 1.94 bits per heavy atom. The summed E-state index contributed by atoms with van der Waals surface area (Å²) in [5.41, 5.74) is -0.193. The van der Waals surface area contributed by atoms with Gasteiger partial charge in [0, 0.05) is 18.6 Å². The third-order valence-corrected chi connectivity index (χ3v) is 3.26. The first kappa shape index (κ1) is 15.4. The van der Waals surface area contributed by atoms with E-state index in [0.29, 0.717) is 13.2 Å². The van der Waals surface area contributed by atoms with E-state index in [-0.39, 0.29) is 17.9 Å². The molecule has 1 unspecified atom stereocenters. The van der Waals surface area contributed by atoms with Crippen LogP contribution >= 0.6 is 0 Å². The Hall–Kier alpha value is -0.610. The standard InChI is InChI=1S/C12H25NO3/c1-5-12(6-2,9-14)8-13-11(15)10(4)16-7-3/h10,14H,5-9H2,1-4H3,(H,13,15). The van der Waals surface area contributed by atoms with E-state index in [1.54, 1.807) is 6.92 Å². The van der Waals surface area contributed by atoms with Crippen LogP contribution < -0.4 is 5.32 Å². The average molecular weight is 231 g/mol. The Bertz CT molecular complexity index is 194. The van der Waals surface area contributed by atoms with E-state index in [4.69, 9.17) is 4.74 Å². The number of hydrogen-bond acceptors (Lipinski definition) is 3. The number of amides is 1. The van der Waals surface area contributed by atoms with Crippen molar-refractivity contribution < 1.29 is 14.6 Å². The summed E-state index contributed by atoms with van der Waals surface area (Å²) in [6, 6.07) is 0. The number of carbonyl (C=O) groups is 1. The molecule has 0 heterocycles. The lowest BCUT2D eigenvalue weighted by Gasteiger charge is -2.30. The van der Waals surface area contributed by atoms with E-state index in [9.17, 15) is 9.90 Å². The zero-order valence-electron chi connectivity index (χ0n) is 10.9. The van der Waals surface area contributed by atoms with Crippen LogP contribution in [0, 0.1) is 5.41 Å². The summed E-state index contributed by atoms with van der Waals surface area (Å²) in [6.45, 7) is 8.78. The molecule has 16 heavy (non-hydrogen) atoms. The number of carbonyl (C=O) groups excluding carboxylic acids is 1. The van der Waals surface area contributed by atoms with E-state index in [1.165, 1.54) is 0 Å². The molecular formula is C12H25NO3. The molecule has 0 aliphatic rings. The van der Waals surface area contributed by atoms with Crippen molar-refractivity contribution in [3.05, 3.63) is 0 Å². The second-order valence-corrected chi connectivity index (χ2v) is 4.18. The van der Waals surface area contributed by atoms with Crippen LogP contribution in [0.1, 0.15) is 40.5 Å². The van der Waals surface area contributed by atoms with Crippen LogP contribution in [-0.2, 0) is 9.53 Å². The molecule has 0 spiro atoms. The van der Waals surface area contributed by atoms with Crippen LogP contribution in [0.25, 0.3) is 0 Å². The van der Waals surface area contributed by atoms with E-state index in [2.05, 4.69) is 5.32 Å². The summed E-state index contributed by atoms with van der Waals surface area (Å²) in [4.78, 5) is 11.6. The van der Waals surface area contributed by atoms with Crippen LogP contribution in [0.15, 0.2) is 0 Å². The second kappa shape index (κ2) is 7.63. The number of nitrogens with one attached hydrogen (secondary N) is 1. The van der Waals surface area contributed by atoms with Crippen molar-refractivity contribution in [2.24, 2.45) is 5.41 Å². The Kier molecular flexibility index (Phi) is 7.34. The molecule has 0 aromatic rings. The third-order valence-electron chi connectivity index (χ3n) is 3.26. The van der Waals surface area contributed by atoms with Gasteiger partial charge < -0.3 is 15.2 Å². The number of ether oxygens (including phenoxy) is 1. The Labute approximate surface area is 98.4 Å². The lowest BCUT2D eigenvalue weighted by Crippen LogP contribution is -2.43.